The quantitative estimate of drug-likeness (QED) is 0.698. The number of carbonyl (C=O) groups is 1. The average molecular weight is 374 g/mol. The van der Waals surface area contributed by atoms with Crippen LogP contribution in [0.25, 0.3) is 0 Å². The summed E-state index contributed by atoms with van der Waals surface area (Å²) in [5.74, 6) is 0. The summed E-state index contributed by atoms with van der Waals surface area (Å²) in [6.45, 7) is 2.71. The molecule has 0 atom stereocenters. The van der Waals surface area contributed by atoms with Gasteiger partial charge in [0.15, 0.2) is 0 Å². The molecular weight excluding hydrogens is 359 g/mol. The molecule has 0 aliphatic carbocycles. The van der Waals surface area contributed by atoms with Gasteiger partial charge in [0.05, 0.1) is 0 Å². The van der Waals surface area contributed by atoms with Gasteiger partial charge < -0.3 is 14.5 Å². The smallest absolute Gasteiger partial charge is 0.409 e. The van der Waals surface area contributed by atoms with Gasteiger partial charge in [-0.15, -0.1) is 0 Å². The number of ether oxygens (including phenoxy) is 1. The summed E-state index contributed by atoms with van der Waals surface area (Å²) in [4.78, 5) is 18.9. The van der Waals surface area contributed by atoms with Crippen LogP contribution in [0.2, 0.25) is 0 Å². The molecule has 2 aliphatic heterocycles. The molecule has 1 amide bonds. The van der Waals surface area contributed by atoms with Crippen LogP contribution in [0.4, 0.5) is 4.79 Å². The molecule has 0 saturated carbocycles. The van der Waals surface area contributed by atoms with E-state index in [1.54, 1.807) is 11.8 Å². The monoisotopic (exact) mass is 372 g/mol. The molecule has 0 radical (unpaired) electrons. The second-order valence-corrected chi connectivity index (χ2v) is 7.81. The minimum Gasteiger partial charge on any atom is -0.446 e. The topological polar surface area (TPSA) is 51.1 Å². The second kappa shape index (κ2) is 5.66. The van der Waals surface area contributed by atoms with E-state index in [0.717, 1.165) is 23.9 Å². The molecule has 1 spiro atoms. The van der Waals surface area contributed by atoms with Gasteiger partial charge in [-0.2, -0.15) is 0 Å². The van der Waals surface area contributed by atoms with E-state index in [1.807, 2.05) is 0 Å². The molecule has 1 fully saturated rings. The molecule has 2 rings (SSSR count). The van der Waals surface area contributed by atoms with Crippen molar-refractivity contribution >= 4 is 49.8 Å². The molecule has 0 aromatic heterocycles. The zero-order valence-corrected chi connectivity index (χ0v) is 13.6. The Morgan fingerprint density at radius 3 is 2.68 bits per heavy atom. The van der Waals surface area contributed by atoms with Crippen molar-refractivity contribution in [1.29, 1.82) is 0 Å². The first-order valence-corrected chi connectivity index (χ1v) is 7.55. The van der Waals surface area contributed by atoms with Crippen LogP contribution in [0.15, 0.2) is 5.16 Å². The number of rotatable bonds is 2. The number of nitrogens with zero attached hydrogens (tertiary/aromatic N) is 2. The number of hydrogen-bond acceptors (Lipinski definition) is 4. The van der Waals surface area contributed by atoms with Crippen LogP contribution < -0.4 is 0 Å². The number of oxime groups is 1. The third-order valence-corrected chi connectivity index (χ3v) is 3.83. The minimum absolute atomic E-state index is 0.0260. The third-order valence-electron chi connectivity index (χ3n) is 3.19. The number of amides is 1. The largest absolute Gasteiger partial charge is 0.446 e. The SMILES string of the molecule is CC(Cl)(Cl)COC(=O)N1CCC2(CC1)CC(Br)=NO2. The van der Waals surface area contributed by atoms with Crippen LogP contribution in [0.3, 0.4) is 0 Å². The van der Waals surface area contributed by atoms with Gasteiger partial charge >= 0.3 is 6.09 Å². The molecule has 0 bridgehead atoms. The molecule has 1 saturated heterocycles. The number of likely N-dealkylation sites (tertiary alicyclic amines) is 1. The molecule has 2 aliphatic rings. The van der Waals surface area contributed by atoms with Crippen molar-refractivity contribution in [1.82, 2.24) is 4.90 Å². The Bertz CT molecular complexity index is 390. The Kier molecular flexibility index (Phi) is 4.52. The Labute approximate surface area is 130 Å². The van der Waals surface area contributed by atoms with E-state index in [-0.39, 0.29) is 18.3 Å². The minimum atomic E-state index is -1.06. The maximum atomic E-state index is 11.8. The van der Waals surface area contributed by atoms with Gasteiger partial charge in [-0.3, -0.25) is 0 Å². The van der Waals surface area contributed by atoms with Gasteiger partial charge in [0.2, 0.25) is 0 Å². The molecule has 0 unspecified atom stereocenters. The van der Waals surface area contributed by atoms with Gasteiger partial charge in [-0.05, 0) is 22.9 Å². The van der Waals surface area contributed by atoms with Crippen LogP contribution in [0.1, 0.15) is 26.2 Å². The first-order valence-electron chi connectivity index (χ1n) is 6.00. The summed E-state index contributed by atoms with van der Waals surface area (Å²) in [5, 5.41) is 3.92. The van der Waals surface area contributed by atoms with Gasteiger partial charge in [0.1, 0.15) is 21.2 Å². The Morgan fingerprint density at radius 1 is 1.58 bits per heavy atom. The fourth-order valence-electron chi connectivity index (χ4n) is 2.12. The van der Waals surface area contributed by atoms with Crippen molar-refractivity contribution in [3.63, 3.8) is 0 Å². The van der Waals surface area contributed by atoms with Crippen LogP contribution in [-0.2, 0) is 9.57 Å². The van der Waals surface area contributed by atoms with E-state index in [2.05, 4.69) is 21.1 Å². The van der Waals surface area contributed by atoms with Crippen molar-refractivity contribution in [3.8, 4) is 0 Å². The molecular formula is C11H15BrCl2N2O3. The number of piperidine rings is 1. The lowest BCUT2D eigenvalue weighted by Gasteiger charge is -2.36. The number of alkyl halides is 2. The van der Waals surface area contributed by atoms with E-state index in [1.165, 1.54) is 0 Å². The first-order chi connectivity index (χ1) is 8.80. The van der Waals surface area contributed by atoms with E-state index >= 15 is 0 Å². The summed E-state index contributed by atoms with van der Waals surface area (Å²) >= 11 is 14.8. The molecule has 0 aromatic carbocycles. The van der Waals surface area contributed by atoms with E-state index in [9.17, 15) is 4.79 Å². The van der Waals surface area contributed by atoms with Crippen molar-refractivity contribution in [3.05, 3.63) is 0 Å². The number of carbonyl (C=O) groups excluding carboxylic acids is 1. The van der Waals surface area contributed by atoms with Crippen LogP contribution in [-0.4, -0.2) is 45.2 Å². The highest BCUT2D eigenvalue weighted by Crippen LogP contribution is 2.36. The molecule has 0 aromatic rings. The lowest BCUT2D eigenvalue weighted by molar-refractivity contribution is -0.0593. The highest BCUT2D eigenvalue weighted by Gasteiger charge is 2.42. The molecule has 0 N–H and O–H groups in total. The van der Waals surface area contributed by atoms with Crippen LogP contribution in [0.5, 0.6) is 0 Å². The molecule has 2 heterocycles. The van der Waals surface area contributed by atoms with Gasteiger partial charge in [-0.25, -0.2) is 4.79 Å². The summed E-state index contributed by atoms with van der Waals surface area (Å²) < 4.78 is 4.83. The Hall–Kier alpha value is -0.200. The molecule has 108 valence electrons. The fraction of sp³-hybridized carbons (Fsp3) is 0.818. The predicted octanol–water partition coefficient (Wildman–Crippen LogP) is 3.28. The van der Waals surface area contributed by atoms with Gasteiger partial charge in [0.25, 0.3) is 0 Å². The highest BCUT2D eigenvalue weighted by atomic mass is 79.9. The summed E-state index contributed by atoms with van der Waals surface area (Å²) in [5.41, 5.74) is -0.261. The summed E-state index contributed by atoms with van der Waals surface area (Å²) in [6, 6.07) is 0. The van der Waals surface area contributed by atoms with Crippen LogP contribution >= 0.6 is 39.1 Å². The predicted molar refractivity (Wildman–Crippen MR) is 77.1 cm³/mol. The van der Waals surface area contributed by atoms with Gasteiger partial charge in [0, 0.05) is 32.4 Å². The van der Waals surface area contributed by atoms with Crippen molar-refractivity contribution < 1.29 is 14.4 Å². The van der Waals surface area contributed by atoms with Crippen molar-refractivity contribution in [2.24, 2.45) is 5.16 Å². The first kappa shape index (κ1) is 15.2. The number of hydrogen-bond donors (Lipinski definition) is 0. The van der Waals surface area contributed by atoms with E-state index in [4.69, 9.17) is 32.8 Å². The van der Waals surface area contributed by atoms with Crippen molar-refractivity contribution in [2.75, 3.05) is 19.7 Å². The van der Waals surface area contributed by atoms with Gasteiger partial charge in [-0.1, -0.05) is 28.4 Å². The van der Waals surface area contributed by atoms with Crippen molar-refractivity contribution in [2.45, 2.75) is 36.1 Å². The van der Waals surface area contributed by atoms with Crippen LogP contribution in [0, 0.1) is 0 Å². The molecule has 19 heavy (non-hydrogen) atoms. The normalized spacial score (nSPS) is 22.1. The lowest BCUT2D eigenvalue weighted by atomic mass is 9.89. The average Bonchev–Trinajstić information content (AvgIpc) is 2.68. The fourth-order valence-corrected chi connectivity index (χ4v) is 2.81. The zero-order valence-electron chi connectivity index (χ0n) is 10.5. The summed E-state index contributed by atoms with van der Waals surface area (Å²) in [7, 11) is 0. The summed E-state index contributed by atoms with van der Waals surface area (Å²) in [6.07, 6.45) is 1.84. The van der Waals surface area contributed by atoms with E-state index in [0.29, 0.717) is 13.1 Å². The van der Waals surface area contributed by atoms with E-state index < -0.39 is 4.33 Å². The Morgan fingerprint density at radius 2 is 2.21 bits per heavy atom. The zero-order chi connectivity index (χ0) is 14.1. The standard InChI is InChI=1S/C11H15BrCl2N2O3/c1-10(13,14)7-18-9(17)16-4-2-11(3-5-16)6-8(12)15-19-11/h2-7H2,1H3. The molecule has 8 heteroatoms. The Balaban J connectivity index is 1.79. The second-order valence-electron chi connectivity index (χ2n) is 5.03. The molecule has 5 nitrogen and oxygen atoms in total. The highest BCUT2D eigenvalue weighted by molar-refractivity contribution is 9.18. The maximum absolute atomic E-state index is 11.8. The number of halogens is 3. The third kappa shape index (κ3) is 4.13. The lowest BCUT2D eigenvalue weighted by Crippen LogP contribution is -2.47. The maximum Gasteiger partial charge on any atom is 0.409 e.